The lowest BCUT2D eigenvalue weighted by Crippen LogP contribution is -2.30. The summed E-state index contributed by atoms with van der Waals surface area (Å²) in [6, 6.07) is 6.77. The maximum absolute atomic E-state index is 12.9. The Morgan fingerprint density at radius 1 is 1.20 bits per heavy atom. The van der Waals surface area contributed by atoms with Crippen molar-refractivity contribution in [2.24, 2.45) is 0 Å². The molecule has 0 radical (unpaired) electrons. The zero-order chi connectivity index (χ0) is 14.6. The van der Waals surface area contributed by atoms with Gasteiger partial charge in [-0.15, -0.1) is 0 Å². The average molecular weight is 299 g/mol. The zero-order valence-electron chi connectivity index (χ0n) is 11.9. The van der Waals surface area contributed by atoms with E-state index in [1.165, 1.54) is 24.0 Å². The second-order valence-corrected chi connectivity index (χ2v) is 7.91. The molecule has 0 unspecified atom stereocenters. The van der Waals surface area contributed by atoms with E-state index < -0.39 is 9.84 Å². The molecule has 1 aromatic rings. The maximum Gasteiger partial charge on any atom is 0.148 e. The van der Waals surface area contributed by atoms with Crippen molar-refractivity contribution in [2.75, 3.05) is 31.6 Å². The number of nitrogens with zero attached hydrogens (tertiary/aromatic N) is 1. The van der Waals surface area contributed by atoms with Crippen molar-refractivity contribution in [3.8, 4) is 0 Å². The number of hydrogen-bond acceptors (Lipinski definition) is 3. The molecule has 1 saturated heterocycles. The van der Waals surface area contributed by atoms with Gasteiger partial charge >= 0.3 is 0 Å². The Morgan fingerprint density at radius 3 is 2.55 bits per heavy atom. The summed E-state index contributed by atoms with van der Waals surface area (Å²) in [7, 11) is -2.89. The van der Waals surface area contributed by atoms with Gasteiger partial charge in [-0.1, -0.05) is 12.1 Å². The third-order valence-electron chi connectivity index (χ3n) is 3.94. The van der Waals surface area contributed by atoms with Gasteiger partial charge in [0.1, 0.15) is 15.7 Å². The van der Waals surface area contributed by atoms with E-state index in [4.69, 9.17) is 0 Å². The third kappa shape index (κ3) is 4.87. The molecule has 1 aromatic carbocycles. The van der Waals surface area contributed by atoms with Crippen LogP contribution in [0, 0.1) is 5.82 Å². The van der Waals surface area contributed by atoms with Crippen LogP contribution in [0.3, 0.4) is 0 Å². The van der Waals surface area contributed by atoms with Crippen LogP contribution in [0.15, 0.2) is 24.3 Å². The molecule has 0 saturated carbocycles. The molecule has 0 aliphatic carbocycles. The fourth-order valence-electron chi connectivity index (χ4n) is 2.74. The van der Waals surface area contributed by atoms with Gasteiger partial charge in [-0.3, -0.25) is 0 Å². The average Bonchev–Trinajstić information content (AvgIpc) is 2.62. The summed E-state index contributed by atoms with van der Waals surface area (Å²) in [5.74, 6) is 0.491. The predicted octanol–water partition coefficient (Wildman–Crippen LogP) is 2.44. The van der Waals surface area contributed by atoms with E-state index in [2.05, 4.69) is 4.90 Å². The first-order valence-corrected chi connectivity index (χ1v) is 9.15. The van der Waals surface area contributed by atoms with Crippen LogP contribution in [0.25, 0.3) is 0 Å². The molecule has 3 nitrogen and oxygen atoms in total. The first-order chi connectivity index (χ1) is 9.44. The minimum Gasteiger partial charge on any atom is -0.302 e. The molecule has 0 bridgehead atoms. The Morgan fingerprint density at radius 2 is 1.90 bits per heavy atom. The number of halogens is 1. The summed E-state index contributed by atoms with van der Waals surface area (Å²) >= 11 is 0. The van der Waals surface area contributed by atoms with Crippen molar-refractivity contribution in [3.05, 3.63) is 35.6 Å². The van der Waals surface area contributed by atoms with E-state index in [-0.39, 0.29) is 11.6 Å². The van der Waals surface area contributed by atoms with Crippen LogP contribution < -0.4 is 0 Å². The minimum atomic E-state index is -2.89. The molecule has 0 spiro atoms. The van der Waals surface area contributed by atoms with E-state index in [9.17, 15) is 12.8 Å². The molecule has 5 heteroatoms. The molecule has 0 N–H and O–H groups in total. The number of sulfone groups is 1. The highest BCUT2D eigenvalue weighted by Gasteiger charge is 2.19. The fraction of sp³-hybridized carbons (Fsp3) is 0.600. The van der Waals surface area contributed by atoms with E-state index in [1.807, 2.05) is 12.1 Å². The smallest absolute Gasteiger partial charge is 0.148 e. The van der Waals surface area contributed by atoms with Crippen LogP contribution in [0.1, 0.15) is 30.7 Å². The lowest BCUT2D eigenvalue weighted by molar-refractivity contribution is 0.300. The highest BCUT2D eigenvalue weighted by Crippen LogP contribution is 2.28. The Hall–Kier alpha value is -0.940. The predicted molar refractivity (Wildman–Crippen MR) is 79.1 cm³/mol. The molecule has 1 heterocycles. The lowest BCUT2D eigenvalue weighted by Gasteiger charge is -2.19. The topological polar surface area (TPSA) is 37.4 Å². The van der Waals surface area contributed by atoms with Crippen LogP contribution >= 0.6 is 0 Å². The zero-order valence-corrected chi connectivity index (χ0v) is 12.7. The molecule has 112 valence electrons. The molecule has 0 aromatic heterocycles. The van der Waals surface area contributed by atoms with Gasteiger partial charge in [0.05, 0.1) is 5.75 Å². The van der Waals surface area contributed by atoms with E-state index in [1.54, 1.807) is 0 Å². The van der Waals surface area contributed by atoms with Crippen molar-refractivity contribution < 1.29 is 12.8 Å². The molecule has 1 fully saturated rings. The summed E-state index contributed by atoms with van der Waals surface area (Å²) in [5, 5.41) is 0. The van der Waals surface area contributed by atoms with Crippen LogP contribution in [-0.2, 0) is 9.84 Å². The summed E-state index contributed by atoms with van der Waals surface area (Å²) in [5.41, 5.74) is 1.19. The molecular weight excluding hydrogens is 277 g/mol. The second-order valence-electron chi connectivity index (χ2n) is 5.65. The van der Waals surface area contributed by atoms with Crippen molar-refractivity contribution in [1.29, 1.82) is 0 Å². The van der Waals surface area contributed by atoms with Gasteiger partial charge in [-0.2, -0.15) is 0 Å². The van der Waals surface area contributed by atoms with Gasteiger partial charge in [-0.05, 0) is 56.0 Å². The van der Waals surface area contributed by atoms with Crippen LogP contribution in [0.4, 0.5) is 4.39 Å². The largest absolute Gasteiger partial charge is 0.302 e. The van der Waals surface area contributed by atoms with Gasteiger partial charge in [0, 0.05) is 12.8 Å². The molecule has 1 atom stereocenters. The lowest BCUT2D eigenvalue weighted by atomic mass is 9.92. The number of benzene rings is 1. The summed E-state index contributed by atoms with van der Waals surface area (Å²) in [6.45, 7) is 2.49. The van der Waals surface area contributed by atoms with E-state index >= 15 is 0 Å². The standard InChI is InChI=1S/C15H22FNO2S/c1-20(18,19)12-11-17-9-2-3-13(8-10-17)14-4-6-15(16)7-5-14/h4-7,13H,2-3,8-12H2,1H3/t13-/m0/s1. The van der Waals surface area contributed by atoms with Crippen molar-refractivity contribution in [1.82, 2.24) is 4.90 Å². The van der Waals surface area contributed by atoms with E-state index in [0.29, 0.717) is 12.5 Å². The molecule has 1 aliphatic rings. The third-order valence-corrected chi connectivity index (χ3v) is 4.86. The van der Waals surface area contributed by atoms with Gasteiger partial charge in [0.15, 0.2) is 0 Å². The minimum absolute atomic E-state index is 0.197. The normalized spacial score (nSPS) is 21.6. The molecule has 1 aliphatic heterocycles. The SMILES string of the molecule is CS(=O)(=O)CCN1CCC[C@H](c2ccc(F)cc2)CC1. The summed E-state index contributed by atoms with van der Waals surface area (Å²) in [6.07, 6.45) is 4.44. The number of likely N-dealkylation sites (tertiary alicyclic amines) is 1. The Bertz CT molecular complexity index is 527. The van der Waals surface area contributed by atoms with Crippen molar-refractivity contribution in [3.63, 3.8) is 0 Å². The monoisotopic (exact) mass is 299 g/mol. The van der Waals surface area contributed by atoms with Gasteiger partial charge in [0.2, 0.25) is 0 Å². The van der Waals surface area contributed by atoms with Gasteiger partial charge in [0.25, 0.3) is 0 Å². The Labute approximate surface area is 120 Å². The van der Waals surface area contributed by atoms with Crippen molar-refractivity contribution in [2.45, 2.75) is 25.2 Å². The molecule has 2 rings (SSSR count). The molecule has 0 amide bonds. The molecule has 20 heavy (non-hydrogen) atoms. The second kappa shape index (κ2) is 6.68. The highest BCUT2D eigenvalue weighted by atomic mass is 32.2. The maximum atomic E-state index is 12.9. The Balaban J connectivity index is 1.90. The van der Waals surface area contributed by atoms with E-state index in [0.717, 1.165) is 32.4 Å². The van der Waals surface area contributed by atoms with Crippen molar-refractivity contribution >= 4 is 9.84 Å². The Kier molecular flexibility index (Phi) is 5.16. The highest BCUT2D eigenvalue weighted by molar-refractivity contribution is 7.90. The first kappa shape index (κ1) is 15.4. The first-order valence-electron chi connectivity index (χ1n) is 7.09. The summed E-state index contributed by atoms with van der Waals surface area (Å²) < 4.78 is 35.4. The quantitative estimate of drug-likeness (QED) is 0.857. The van der Waals surface area contributed by atoms with Gasteiger partial charge < -0.3 is 4.90 Å². The molecular formula is C15H22FNO2S. The summed E-state index contributed by atoms with van der Waals surface area (Å²) in [4.78, 5) is 2.23. The van der Waals surface area contributed by atoms with Gasteiger partial charge in [-0.25, -0.2) is 12.8 Å². The van der Waals surface area contributed by atoms with Crippen LogP contribution in [-0.4, -0.2) is 45.0 Å². The number of rotatable bonds is 4. The number of hydrogen-bond donors (Lipinski definition) is 0. The van der Waals surface area contributed by atoms with Crippen LogP contribution in [0.5, 0.6) is 0 Å². The van der Waals surface area contributed by atoms with Crippen LogP contribution in [0.2, 0.25) is 0 Å². The fourth-order valence-corrected chi connectivity index (χ4v) is 3.33.